The number of carbonyl (C=O) groups excluding carboxylic acids is 1. The summed E-state index contributed by atoms with van der Waals surface area (Å²) in [5.74, 6) is 0.215. The number of benzene rings is 1. The summed E-state index contributed by atoms with van der Waals surface area (Å²) in [4.78, 5) is 12.7. The Labute approximate surface area is 157 Å². The van der Waals surface area contributed by atoms with Crippen molar-refractivity contribution in [2.75, 3.05) is 6.54 Å². The molecule has 1 amide bonds. The number of sulfonamides is 1. The van der Waals surface area contributed by atoms with Crippen LogP contribution in [-0.2, 0) is 10.0 Å². The minimum Gasteiger partial charge on any atom is -0.348 e. The molecule has 1 saturated carbocycles. The summed E-state index contributed by atoms with van der Waals surface area (Å²) in [5, 5.41) is 3.02. The van der Waals surface area contributed by atoms with Gasteiger partial charge in [-0.15, -0.1) is 0 Å². The van der Waals surface area contributed by atoms with Crippen molar-refractivity contribution in [1.82, 2.24) is 10.0 Å². The molecule has 0 heterocycles. The van der Waals surface area contributed by atoms with Gasteiger partial charge in [0.1, 0.15) is 0 Å². The molecule has 1 atom stereocenters. The van der Waals surface area contributed by atoms with E-state index in [1.807, 2.05) is 0 Å². The molecule has 6 nitrogen and oxygen atoms in total. The first-order chi connectivity index (χ1) is 12.1. The van der Waals surface area contributed by atoms with Crippen LogP contribution in [0.3, 0.4) is 0 Å². The van der Waals surface area contributed by atoms with Crippen LogP contribution in [0.25, 0.3) is 0 Å². The number of nitrogens with two attached hydrogens (primary N) is 1. The topological polar surface area (TPSA) is 101 Å². The first kappa shape index (κ1) is 20.9. The van der Waals surface area contributed by atoms with Gasteiger partial charge in [-0.1, -0.05) is 19.3 Å². The van der Waals surface area contributed by atoms with E-state index in [0.717, 1.165) is 12.8 Å². The fraction of sp³-hybridized carbons (Fsp3) is 0.632. The molecule has 1 unspecified atom stereocenters. The molecule has 0 radical (unpaired) electrons. The minimum atomic E-state index is -3.61. The third-order valence-corrected chi connectivity index (χ3v) is 6.43. The quantitative estimate of drug-likeness (QED) is 0.704. The number of amides is 1. The maximum Gasteiger partial charge on any atom is 0.251 e. The van der Waals surface area contributed by atoms with E-state index in [0.29, 0.717) is 18.0 Å². The van der Waals surface area contributed by atoms with Gasteiger partial charge in [0.25, 0.3) is 5.91 Å². The first-order valence-electron chi connectivity index (χ1n) is 9.27. The fourth-order valence-corrected chi connectivity index (χ4v) is 4.82. The fourth-order valence-electron chi connectivity index (χ4n) is 3.40. The van der Waals surface area contributed by atoms with Gasteiger partial charge in [0.15, 0.2) is 0 Å². The van der Waals surface area contributed by atoms with E-state index in [4.69, 9.17) is 5.73 Å². The van der Waals surface area contributed by atoms with Crippen LogP contribution in [-0.4, -0.2) is 32.5 Å². The molecule has 2 rings (SSSR count). The Morgan fingerprint density at radius 2 is 1.73 bits per heavy atom. The number of nitrogens with one attached hydrogen (secondary N) is 2. The second-order valence-corrected chi connectivity index (χ2v) is 9.78. The summed E-state index contributed by atoms with van der Waals surface area (Å²) in [5.41, 5.74) is 5.74. The lowest BCUT2D eigenvalue weighted by molar-refractivity contribution is 0.0915. The molecule has 0 saturated heterocycles. The minimum absolute atomic E-state index is 0.0335. The first-order valence-corrected chi connectivity index (χ1v) is 10.8. The molecule has 0 aromatic heterocycles. The van der Waals surface area contributed by atoms with Crippen LogP contribution in [0.2, 0.25) is 0 Å². The van der Waals surface area contributed by atoms with Crippen molar-refractivity contribution >= 4 is 15.9 Å². The van der Waals surface area contributed by atoms with Gasteiger partial charge < -0.3 is 11.1 Å². The Bertz CT molecular complexity index is 703. The standard InChI is InChI=1S/C19H31N3O3S/c1-19(2,3)22-26(24,25)16-11-9-15(10-12-16)18(23)21-17(13-20)14-7-5-4-6-8-14/h9-12,14,17,22H,4-8,13,20H2,1-3H3,(H,21,23). The molecule has 26 heavy (non-hydrogen) atoms. The van der Waals surface area contributed by atoms with Crippen LogP contribution in [0.15, 0.2) is 29.2 Å². The van der Waals surface area contributed by atoms with Crippen molar-refractivity contribution in [3.63, 3.8) is 0 Å². The molecular formula is C19H31N3O3S. The molecule has 0 bridgehead atoms. The Balaban J connectivity index is 2.06. The molecule has 1 aliphatic rings. The van der Waals surface area contributed by atoms with Gasteiger partial charge in [0.05, 0.1) is 4.90 Å². The lowest BCUT2D eigenvalue weighted by Gasteiger charge is -2.30. The molecule has 146 valence electrons. The van der Waals surface area contributed by atoms with Crippen molar-refractivity contribution < 1.29 is 13.2 Å². The SMILES string of the molecule is CC(C)(C)NS(=O)(=O)c1ccc(C(=O)NC(CN)C2CCCCC2)cc1. The molecule has 1 aromatic carbocycles. The highest BCUT2D eigenvalue weighted by Gasteiger charge is 2.25. The second kappa shape index (κ2) is 8.50. The van der Waals surface area contributed by atoms with Crippen LogP contribution in [0.1, 0.15) is 63.2 Å². The molecule has 7 heteroatoms. The van der Waals surface area contributed by atoms with Gasteiger partial charge >= 0.3 is 0 Å². The zero-order chi connectivity index (χ0) is 19.4. The zero-order valence-corrected chi connectivity index (χ0v) is 16.7. The van der Waals surface area contributed by atoms with E-state index >= 15 is 0 Å². The molecule has 4 N–H and O–H groups in total. The predicted molar refractivity (Wildman–Crippen MR) is 103 cm³/mol. The zero-order valence-electron chi connectivity index (χ0n) is 15.9. The van der Waals surface area contributed by atoms with Crippen molar-refractivity contribution in [3.05, 3.63) is 29.8 Å². The Morgan fingerprint density at radius 1 is 1.15 bits per heavy atom. The lowest BCUT2D eigenvalue weighted by Crippen LogP contribution is -2.45. The van der Waals surface area contributed by atoms with Gasteiger partial charge in [0, 0.05) is 23.7 Å². The highest BCUT2D eigenvalue weighted by Crippen LogP contribution is 2.26. The summed E-state index contributed by atoms with van der Waals surface area (Å²) < 4.78 is 27.3. The van der Waals surface area contributed by atoms with Crippen LogP contribution in [0, 0.1) is 5.92 Å². The third-order valence-electron chi connectivity index (χ3n) is 4.66. The smallest absolute Gasteiger partial charge is 0.251 e. The van der Waals surface area contributed by atoms with Gasteiger partial charge in [-0.2, -0.15) is 0 Å². The van der Waals surface area contributed by atoms with Crippen molar-refractivity contribution in [2.24, 2.45) is 11.7 Å². The molecule has 1 aliphatic carbocycles. The van der Waals surface area contributed by atoms with Crippen LogP contribution in [0.4, 0.5) is 0 Å². The van der Waals surface area contributed by atoms with E-state index in [1.54, 1.807) is 32.9 Å². The summed E-state index contributed by atoms with van der Waals surface area (Å²) in [7, 11) is -3.61. The van der Waals surface area contributed by atoms with E-state index in [1.165, 1.54) is 31.4 Å². The van der Waals surface area contributed by atoms with E-state index in [9.17, 15) is 13.2 Å². The van der Waals surface area contributed by atoms with Crippen molar-refractivity contribution in [3.8, 4) is 0 Å². The summed E-state index contributed by atoms with van der Waals surface area (Å²) >= 11 is 0. The lowest BCUT2D eigenvalue weighted by atomic mass is 9.84. The number of hydrogen-bond donors (Lipinski definition) is 3. The molecule has 0 aliphatic heterocycles. The van der Waals surface area contributed by atoms with Crippen LogP contribution in [0.5, 0.6) is 0 Å². The summed E-state index contributed by atoms with van der Waals surface area (Å²) in [6.45, 7) is 5.76. The Morgan fingerprint density at radius 3 is 2.23 bits per heavy atom. The molecule has 0 spiro atoms. The van der Waals surface area contributed by atoms with Gasteiger partial charge in [0.2, 0.25) is 10.0 Å². The van der Waals surface area contributed by atoms with Crippen LogP contribution >= 0.6 is 0 Å². The largest absolute Gasteiger partial charge is 0.348 e. The second-order valence-electron chi connectivity index (χ2n) is 8.09. The van der Waals surface area contributed by atoms with Gasteiger partial charge in [-0.3, -0.25) is 4.79 Å². The van der Waals surface area contributed by atoms with Gasteiger partial charge in [-0.25, -0.2) is 13.1 Å². The van der Waals surface area contributed by atoms with Gasteiger partial charge in [-0.05, 0) is 63.8 Å². The van der Waals surface area contributed by atoms with E-state index in [2.05, 4.69) is 10.0 Å². The monoisotopic (exact) mass is 381 g/mol. The molecule has 1 fully saturated rings. The Hall–Kier alpha value is -1.44. The van der Waals surface area contributed by atoms with E-state index < -0.39 is 15.6 Å². The average Bonchev–Trinajstić information content (AvgIpc) is 2.58. The normalized spacial score (nSPS) is 17.7. The highest BCUT2D eigenvalue weighted by molar-refractivity contribution is 7.89. The number of rotatable bonds is 6. The summed E-state index contributed by atoms with van der Waals surface area (Å²) in [6, 6.07) is 5.97. The highest BCUT2D eigenvalue weighted by atomic mass is 32.2. The van der Waals surface area contributed by atoms with Crippen molar-refractivity contribution in [1.29, 1.82) is 0 Å². The Kier molecular flexibility index (Phi) is 6.82. The molecular weight excluding hydrogens is 350 g/mol. The van der Waals surface area contributed by atoms with E-state index in [-0.39, 0.29) is 16.8 Å². The third kappa shape index (κ3) is 5.79. The summed E-state index contributed by atoms with van der Waals surface area (Å²) in [6.07, 6.45) is 5.81. The van der Waals surface area contributed by atoms with Crippen molar-refractivity contribution in [2.45, 2.75) is 69.4 Å². The maximum absolute atomic E-state index is 12.5. The maximum atomic E-state index is 12.5. The number of hydrogen-bond acceptors (Lipinski definition) is 4. The number of carbonyl (C=O) groups is 1. The molecule has 1 aromatic rings. The average molecular weight is 382 g/mol. The predicted octanol–water partition coefficient (Wildman–Crippen LogP) is 2.40. The van der Waals surface area contributed by atoms with Crippen LogP contribution < -0.4 is 15.8 Å².